The number of rotatable bonds is 8. The zero-order chi connectivity index (χ0) is 16.1. The van der Waals surface area contributed by atoms with Gasteiger partial charge in [-0.2, -0.15) is 0 Å². The van der Waals surface area contributed by atoms with Gasteiger partial charge in [0.05, 0.1) is 14.2 Å². The third kappa shape index (κ3) is 3.57. The van der Waals surface area contributed by atoms with Crippen LogP contribution in [0.4, 0.5) is 0 Å². The second kappa shape index (κ2) is 7.87. The molecule has 124 valence electrons. The standard InChI is InChI=1S/C19H31NO2/c1-6-8-20(9-7-2)13-16-10-15-11-18(21-4)19(22-5)12-17(15)14(16)3/h11-12,14,16H,6-10,13H2,1-5H3/t14-,16-/m0/s1. The highest BCUT2D eigenvalue weighted by Gasteiger charge is 2.31. The predicted molar refractivity (Wildman–Crippen MR) is 92.2 cm³/mol. The van der Waals surface area contributed by atoms with Gasteiger partial charge in [0.15, 0.2) is 11.5 Å². The summed E-state index contributed by atoms with van der Waals surface area (Å²) in [6.45, 7) is 10.5. The minimum absolute atomic E-state index is 0.589. The first-order valence-electron chi connectivity index (χ1n) is 8.61. The zero-order valence-corrected chi connectivity index (χ0v) is 14.8. The van der Waals surface area contributed by atoms with Crippen molar-refractivity contribution < 1.29 is 9.47 Å². The Kier molecular flexibility index (Phi) is 6.13. The van der Waals surface area contributed by atoms with Crippen LogP contribution in [0.5, 0.6) is 11.5 Å². The molecule has 0 heterocycles. The molecule has 0 aromatic heterocycles. The maximum Gasteiger partial charge on any atom is 0.161 e. The first-order chi connectivity index (χ1) is 10.6. The van der Waals surface area contributed by atoms with Crippen LogP contribution in [0.3, 0.4) is 0 Å². The largest absolute Gasteiger partial charge is 0.493 e. The summed E-state index contributed by atoms with van der Waals surface area (Å²) in [5, 5.41) is 0. The number of fused-ring (bicyclic) bond motifs is 1. The number of methoxy groups -OCH3 is 2. The average Bonchev–Trinajstić information content (AvgIpc) is 2.82. The Morgan fingerprint density at radius 2 is 1.64 bits per heavy atom. The first kappa shape index (κ1) is 17.1. The van der Waals surface area contributed by atoms with E-state index in [1.807, 2.05) is 0 Å². The van der Waals surface area contributed by atoms with Crippen LogP contribution in [0.15, 0.2) is 12.1 Å². The van der Waals surface area contributed by atoms with Crippen molar-refractivity contribution in [2.75, 3.05) is 33.9 Å². The third-order valence-corrected chi connectivity index (χ3v) is 4.90. The normalized spacial score (nSPS) is 20.3. The van der Waals surface area contributed by atoms with Crippen LogP contribution in [0.2, 0.25) is 0 Å². The van der Waals surface area contributed by atoms with E-state index in [9.17, 15) is 0 Å². The molecule has 0 fully saturated rings. The summed E-state index contributed by atoms with van der Waals surface area (Å²) in [5.74, 6) is 3.00. The lowest BCUT2D eigenvalue weighted by molar-refractivity contribution is 0.222. The molecule has 0 saturated heterocycles. The number of ether oxygens (including phenoxy) is 2. The van der Waals surface area contributed by atoms with Crippen LogP contribution in [0.25, 0.3) is 0 Å². The van der Waals surface area contributed by atoms with E-state index in [1.165, 1.54) is 43.6 Å². The minimum Gasteiger partial charge on any atom is -0.493 e. The van der Waals surface area contributed by atoms with Gasteiger partial charge >= 0.3 is 0 Å². The van der Waals surface area contributed by atoms with Gasteiger partial charge in [-0.25, -0.2) is 0 Å². The summed E-state index contributed by atoms with van der Waals surface area (Å²) in [5.41, 5.74) is 2.87. The molecule has 2 rings (SSSR count). The molecule has 0 radical (unpaired) electrons. The lowest BCUT2D eigenvalue weighted by Gasteiger charge is -2.27. The van der Waals surface area contributed by atoms with Crippen LogP contribution < -0.4 is 9.47 Å². The topological polar surface area (TPSA) is 21.7 Å². The Labute approximate surface area is 135 Å². The molecule has 0 aliphatic heterocycles. The highest BCUT2D eigenvalue weighted by atomic mass is 16.5. The van der Waals surface area contributed by atoms with Crippen molar-refractivity contribution in [2.24, 2.45) is 5.92 Å². The van der Waals surface area contributed by atoms with Crippen molar-refractivity contribution in [3.8, 4) is 11.5 Å². The number of hydrogen-bond acceptors (Lipinski definition) is 3. The molecule has 0 unspecified atom stereocenters. The van der Waals surface area contributed by atoms with Crippen molar-refractivity contribution in [2.45, 2.75) is 46.0 Å². The summed E-state index contributed by atoms with van der Waals surface area (Å²) in [6.07, 6.45) is 3.62. The van der Waals surface area contributed by atoms with Gasteiger partial charge in [-0.05, 0) is 67.4 Å². The van der Waals surface area contributed by atoms with Crippen LogP contribution in [0.1, 0.15) is 50.7 Å². The molecule has 0 spiro atoms. The van der Waals surface area contributed by atoms with E-state index in [2.05, 4.69) is 37.8 Å². The maximum atomic E-state index is 5.47. The van der Waals surface area contributed by atoms with E-state index in [1.54, 1.807) is 14.2 Å². The molecule has 1 aromatic rings. The molecule has 0 N–H and O–H groups in total. The number of hydrogen-bond donors (Lipinski definition) is 0. The Balaban J connectivity index is 2.15. The Morgan fingerprint density at radius 3 is 2.18 bits per heavy atom. The minimum atomic E-state index is 0.589. The maximum absolute atomic E-state index is 5.47. The summed E-state index contributed by atoms with van der Waals surface area (Å²) >= 11 is 0. The van der Waals surface area contributed by atoms with Crippen molar-refractivity contribution in [1.82, 2.24) is 4.90 Å². The molecule has 1 aliphatic carbocycles. The summed E-state index contributed by atoms with van der Waals surface area (Å²) in [6, 6.07) is 4.36. The SMILES string of the molecule is CCCN(CCC)C[C@@H]1Cc2cc(OC)c(OC)cc2[C@H]1C. The second-order valence-corrected chi connectivity index (χ2v) is 6.46. The molecule has 1 aliphatic rings. The quantitative estimate of drug-likeness (QED) is 0.721. The predicted octanol–water partition coefficient (Wildman–Crippen LogP) is 4.10. The van der Waals surface area contributed by atoms with Crippen molar-refractivity contribution >= 4 is 0 Å². The highest BCUT2D eigenvalue weighted by Crippen LogP contribution is 2.43. The molecule has 2 atom stereocenters. The lowest BCUT2D eigenvalue weighted by atomic mass is 9.94. The van der Waals surface area contributed by atoms with Gasteiger partial charge in [-0.3, -0.25) is 0 Å². The van der Waals surface area contributed by atoms with E-state index >= 15 is 0 Å². The van der Waals surface area contributed by atoms with Gasteiger partial charge in [0, 0.05) is 6.54 Å². The summed E-state index contributed by atoms with van der Waals surface area (Å²) in [4.78, 5) is 2.63. The molecule has 22 heavy (non-hydrogen) atoms. The Hall–Kier alpha value is -1.22. The van der Waals surface area contributed by atoms with E-state index in [4.69, 9.17) is 9.47 Å². The highest BCUT2D eigenvalue weighted by molar-refractivity contribution is 5.50. The van der Waals surface area contributed by atoms with E-state index in [0.29, 0.717) is 11.8 Å². The molecular weight excluding hydrogens is 274 g/mol. The van der Waals surface area contributed by atoms with Crippen molar-refractivity contribution in [3.05, 3.63) is 23.3 Å². The fourth-order valence-corrected chi connectivity index (χ4v) is 3.73. The average molecular weight is 305 g/mol. The van der Waals surface area contributed by atoms with Crippen LogP contribution >= 0.6 is 0 Å². The van der Waals surface area contributed by atoms with Gasteiger partial charge in [-0.15, -0.1) is 0 Å². The van der Waals surface area contributed by atoms with Gasteiger partial charge in [0.1, 0.15) is 0 Å². The van der Waals surface area contributed by atoms with Gasteiger partial charge < -0.3 is 14.4 Å². The van der Waals surface area contributed by atoms with Crippen molar-refractivity contribution in [3.63, 3.8) is 0 Å². The third-order valence-electron chi connectivity index (χ3n) is 4.90. The van der Waals surface area contributed by atoms with E-state index in [-0.39, 0.29) is 0 Å². The Bertz CT molecular complexity index is 481. The molecular formula is C19H31NO2. The monoisotopic (exact) mass is 305 g/mol. The fourth-order valence-electron chi connectivity index (χ4n) is 3.73. The van der Waals surface area contributed by atoms with Gasteiger partial charge in [0.25, 0.3) is 0 Å². The first-order valence-corrected chi connectivity index (χ1v) is 8.61. The van der Waals surface area contributed by atoms with E-state index < -0.39 is 0 Å². The van der Waals surface area contributed by atoms with Gasteiger partial charge in [-0.1, -0.05) is 20.8 Å². The van der Waals surface area contributed by atoms with E-state index in [0.717, 1.165) is 17.9 Å². The lowest BCUT2D eigenvalue weighted by Crippen LogP contribution is -2.32. The number of nitrogens with zero attached hydrogens (tertiary/aromatic N) is 1. The van der Waals surface area contributed by atoms with Crippen LogP contribution in [0, 0.1) is 5.92 Å². The molecule has 3 nitrogen and oxygen atoms in total. The summed E-state index contributed by atoms with van der Waals surface area (Å²) in [7, 11) is 3.43. The van der Waals surface area contributed by atoms with Crippen LogP contribution in [-0.2, 0) is 6.42 Å². The molecule has 0 saturated carbocycles. The zero-order valence-electron chi connectivity index (χ0n) is 14.8. The second-order valence-electron chi connectivity index (χ2n) is 6.46. The molecule has 0 amide bonds. The number of benzene rings is 1. The molecule has 3 heteroatoms. The van der Waals surface area contributed by atoms with Gasteiger partial charge in [0.2, 0.25) is 0 Å². The Morgan fingerprint density at radius 1 is 1.05 bits per heavy atom. The molecule has 1 aromatic carbocycles. The van der Waals surface area contributed by atoms with Crippen LogP contribution in [-0.4, -0.2) is 38.8 Å². The summed E-state index contributed by atoms with van der Waals surface area (Å²) < 4.78 is 10.9. The van der Waals surface area contributed by atoms with Crippen molar-refractivity contribution in [1.29, 1.82) is 0 Å². The molecule has 0 bridgehead atoms. The smallest absolute Gasteiger partial charge is 0.161 e. The fraction of sp³-hybridized carbons (Fsp3) is 0.684.